The minimum absolute atomic E-state index is 0.0285. The molecule has 0 aromatic carbocycles. The van der Waals surface area contributed by atoms with Gasteiger partial charge in [0.1, 0.15) is 11.6 Å². The Morgan fingerprint density at radius 1 is 1.26 bits per heavy atom. The predicted octanol–water partition coefficient (Wildman–Crippen LogP) is 2.75. The van der Waals surface area contributed by atoms with Crippen LogP contribution in [0.2, 0.25) is 0 Å². The van der Waals surface area contributed by atoms with Gasteiger partial charge in [-0.05, 0) is 56.3 Å². The Hall–Kier alpha value is -1.12. The molecule has 0 radical (unpaired) electrons. The van der Waals surface area contributed by atoms with E-state index in [1.54, 1.807) is 6.20 Å². The van der Waals surface area contributed by atoms with Gasteiger partial charge < -0.3 is 4.57 Å². The Balaban J connectivity index is 1.58. The zero-order valence-corrected chi connectivity index (χ0v) is 11.6. The summed E-state index contributed by atoms with van der Waals surface area (Å²) >= 11 is 0. The molecule has 1 aromatic rings. The van der Waals surface area contributed by atoms with Gasteiger partial charge in [-0.3, -0.25) is 4.79 Å². The lowest BCUT2D eigenvalue weighted by Crippen LogP contribution is -2.50. The second kappa shape index (κ2) is 3.94. The molecule has 4 bridgehead atoms. The predicted molar refractivity (Wildman–Crippen MR) is 72.5 cm³/mol. The van der Waals surface area contributed by atoms with Crippen LogP contribution in [0.1, 0.15) is 44.3 Å². The Morgan fingerprint density at radius 2 is 1.84 bits per heavy atom. The molecular weight excluding hydrogens is 236 g/mol. The number of carbonyl (C=O) groups is 1. The van der Waals surface area contributed by atoms with E-state index in [4.69, 9.17) is 0 Å². The van der Waals surface area contributed by atoms with Gasteiger partial charge in [0.05, 0.1) is 6.42 Å². The van der Waals surface area contributed by atoms with Crippen LogP contribution < -0.4 is 0 Å². The van der Waals surface area contributed by atoms with Crippen LogP contribution in [0.5, 0.6) is 0 Å². The summed E-state index contributed by atoms with van der Waals surface area (Å²) in [6, 6.07) is 0. The van der Waals surface area contributed by atoms with Crippen LogP contribution in [0, 0.1) is 23.2 Å². The maximum Gasteiger partial charge on any atom is 0.146 e. The monoisotopic (exact) mass is 258 g/mol. The number of aryl methyl sites for hydroxylation is 1. The molecule has 0 amide bonds. The van der Waals surface area contributed by atoms with Gasteiger partial charge in [0, 0.05) is 24.9 Å². The maximum absolute atomic E-state index is 12.9. The second-order valence-electron chi connectivity index (χ2n) is 7.25. The third-order valence-electron chi connectivity index (χ3n) is 5.87. The first-order valence-corrected chi connectivity index (χ1v) is 7.64. The molecule has 0 N–H and O–H groups in total. The summed E-state index contributed by atoms with van der Waals surface area (Å²) in [5, 5.41) is 0. The van der Waals surface area contributed by atoms with Crippen molar-refractivity contribution in [1.29, 1.82) is 0 Å². The lowest BCUT2D eigenvalue weighted by molar-refractivity contribution is -0.143. The third-order valence-corrected chi connectivity index (χ3v) is 5.87. The van der Waals surface area contributed by atoms with Crippen LogP contribution in [-0.2, 0) is 18.3 Å². The Bertz CT molecular complexity index is 481. The molecule has 4 fully saturated rings. The van der Waals surface area contributed by atoms with E-state index >= 15 is 0 Å². The number of hydrogen-bond donors (Lipinski definition) is 0. The van der Waals surface area contributed by atoms with Gasteiger partial charge in [-0.1, -0.05) is 0 Å². The minimum atomic E-state index is 0.0285. The van der Waals surface area contributed by atoms with Crippen LogP contribution in [0.25, 0.3) is 0 Å². The van der Waals surface area contributed by atoms with Crippen LogP contribution in [0.4, 0.5) is 0 Å². The number of carbonyl (C=O) groups excluding carboxylic acids is 1. The largest absolute Gasteiger partial charge is 0.338 e. The molecule has 4 saturated carbocycles. The molecule has 1 heterocycles. The molecule has 0 atom stereocenters. The number of hydrogen-bond acceptors (Lipinski definition) is 2. The van der Waals surface area contributed by atoms with Crippen molar-refractivity contribution in [2.24, 2.45) is 30.2 Å². The van der Waals surface area contributed by atoms with Gasteiger partial charge in [0.15, 0.2) is 0 Å². The topological polar surface area (TPSA) is 34.9 Å². The molecular formula is C16H22N2O. The average molecular weight is 258 g/mol. The zero-order chi connectivity index (χ0) is 13.0. The summed E-state index contributed by atoms with van der Waals surface area (Å²) in [7, 11) is 1.98. The van der Waals surface area contributed by atoms with Crippen molar-refractivity contribution in [1.82, 2.24) is 9.55 Å². The zero-order valence-electron chi connectivity index (χ0n) is 11.6. The summed E-state index contributed by atoms with van der Waals surface area (Å²) in [6.45, 7) is 0. The van der Waals surface area contributed by atoms with Gasteiger partial charge >= 0.3 is 0 Å². The van der Waals surface area contributed by atoms with Crippen LogP contribution in [-0.4, -0.2) is 15.3 Å². The summed E-state index contributed by atoms with van der Waals surface area (Å²) in [5.74, 6) is 3.94. The first-order valence-electron chi connectivity index (χ1n) is 7.64. The van der Waals surface area contributed by atoms with E-state index in [-0.39, 0.29) is 5.41 Å². The molecule has 0 aliphatic heterocycles. The number of nitrogens with zero attached hydrogens (tertiary/aromatic N) is 2. The van der Waals surface area contributed by atoms with Gasteiger partial charge in [-0.15, -0.1) is 0 Å². The molecule has 4 aliphatic carbocycles. The first kappa shape index (κ1) is 11.7. The van der Waals surface area contributed by atoms with E-state index in [0.29, 0.717) is 12.2 Å². The third kappa shape index (κ3) is 1.78. The molecule has 102 valence electrons. The van der Waals surface area contributed by atoms with Crippen molar-refractivity contribution in [3.63, 3.8) is 0 Å². The highest BCUT2D eigenvalue weighted by molar-refractivity contribution is 5.86. The smallest absolute Gasteiger partial charge is 0.146 e. The Morgan fingerprint density at radius 3 is 2.32 bits per heavy atom. The van der Waals surface area contributed by atoms with Crippen LogP contribution in [0.3, 0.4) is 0 Å². The molecule has 0 saturated heterocycles. The summed E-state index contributed by atoms with van der Waals surface area (Å²) in [4.78, 5) is 17.2. The summed E-state index contributed by atoms with van der Waals surface area (Å²) in [6.07, 6.45) is 12.0. The highest BCUT2D eigenvalue weighted by atomic mass is 16.1. The number of imidazole rings is 1. The fourth-order valence-corrected chi connectivity index (χ4v) is 5.35. The van der Waals surface area contributed by atoms with Crippen molar-refractivity contribution >= 4 is 5.78 Å². The van der Waals surface area contributed by atoms with E-state index < -0.39 is 0 Å². The van der Waals surface area contributed by atoms with Gasteiger partial charge in [0.2, 0.25) is 0 Å². The number of ketones is 1. The van der Waals surface area contributed by atoms with E-state index in [0.717, 1.165) is 23.6 Å². The maximum atomic E-state index is 12.9. The standard InChI is InChI=1S/C16H22N2O/c1-18-3-2-17-15(18)7-14(19)16-8-11-4-12(9-16)6-13(5-11)10-16/h2-3,11-13H,4-10H2,1H3. The van der Waals surface area contributed by atoms with Crippen molar-refractivity contribution in [2.75, 3.05) is 0 Å². The first-order chi connectivity index (χ1) is 9.14. The normalized spacial score (nSPS) is 39.7. The van der Waals surface area contributed by atoms with Gasteiger partial charge in [-0.2, -0.15) is 0 Å². The fourth-order valence-electron chi connectivity index (χ4n) is 5.35. The van der Waals surface area contributed by atoms with Crippen molar-refractivity contribution in [3.8, 4) is 0 Å². The molecule has 1 aromatic heterocycles. The van der Waals surface area contributed by atoms with Gasteiger partial charge in [-0.25, -0.2) is 4.98 Å². The summed E-state index contributed by atoms with van der Waals surface area (Å²) in [5.41, 5.74) is 0.0285. The van der Waals surface area contributed by atoms with Crippen LogP contribution in [0.15, 0.2) is 12.4 Å². The molecule has 19 heavy (non-hydrogen) atoms. The molecule has 5 rings (SSSR count). The number of aromatic nitrogens is 2. The van der Waals surface area contributed by atoms with E-state index in [9.17, 15) is 4.79 Å². The Labute approximate surface area is 114 Å². The van der Waals surface area contributed by atoms with E-state index in [2.05, 4.69) is 4.98 Å². The lowest BCUT2D eigenvalue weighted by Gasteiger charge is -2.56. The van der Waals surface area contributed by atoms with E-state index in [1.807, 2.05) is 17.8 Å². The average Bonchev–Trinajstić information content (AvgIpc) is 2.73. The minimum Gasteiger partial charge on any atom is -0.338 e. The highest BCUT2D eigenvalue weighted by Gasteiger charge is 2.54. The number of rotatable bonds is 3. The molecule has 3 heteroatoms. The second-order valence-corrected chi connectivity index (χ2v) is 7.25. The highest BCUT2D eigenvalue weighted by Crippen LogP contribution is 2.60. The molecule has 3 nitrogen and oxygen atoms in total. The molecule has 0 unspecified atom stereocenters. The fraction of sp³-hybridized carbons (Fsp3) is 0.750. The SMILES string of the molecule is Cn1ccnc1CC(=O)C12CC3CC(CC(C3)C1)C2. The number of Topliss-reactive ketones (excluding diaryl/α,β-unsaturated/α-hetero) is 1. The summed E-state index contributed by atoms with van der Waals surface area (Å²) < 4.78 is 1.98. The lowest BCUT2D eigenvalue weighted by atomic mass is 9.48. The van der Waals surface area contributed by atoms with Gasteiger partial charge in [0.25, 0.3) is 0 Å². The van der Waals surface area contributed by atoms with Crippen LogP contribution >= 0.6 is 0 Å². The van der Waals surface area contributed by atoms with Crippen molar-refractivity contribution in [2.45, 2.75) is 44.9 Å². The Kier molecular flexibility index (Phi) is 2.42. The van der Waals surface area contributed by atoms with Crippen molar-refractivity contribution in [3.05, 3.63) is 18.2 Å². The molecule has 4 aliphatic rings. The van der Waals surface area contributed by atoms with Crippen molar-refractivity contribution < 1.29 is 4.79 Å². The quantitative estimate of drug-likeness (QED) is 0.835. The van der Waals surface area contributed by atoms with E-state index in [1.165, 1.54) is 38.5 Å². The molecule has 0 spiro atoms.